The van der Waals surface area contributed by atoms with Gasteiger partial charge >= 0.3 is 0 Å². The molecule has 1 aromatic carbocycles. The van der Waals surface area contributed by atoms with Gasteiger partial charge in [0.25, 0.3) is 0 Å². The van der Waals surface area contributed by atoms with Crippen LogP contribution < -0.4 is 0 Å². The molecule has 0 amide bonds. The van der Waals surface area contributed by atoms with E-state index in [1.807, 2.05) is 12.1 Å². The lowest BCUT2D eigenvalue weighted by Crippen LogP contribution is -2.30. The minimum atomic E-state index is -3.18. The highest BCUT2D eigenvalue weighted by atomic mass is 32.2. The molecular weight excluding hydrogens is 416 g/mol. The summed E-state index contributed by atoms with van der Waals surface area (Å²) in [5.41, 5.74) is 4.11. The third-order valence-electron chi connectivity index (χ3n) is 7.16. The Morgan fingerprint density at radius 3 is 2.25 bits per heavy atom. The average Bonchev–Trinajstić information content (AvgIpc) is 2.71. The molecule has 0 radical (unpaired) electrons. The SMILES string of the molecule is C=C(CCC1(CCC)CCOCC1)C(C=C(C)C)CC(C)(C)c1ccc(S(C)(=O)=O)cc1. The fourth-order valence-corrected chi connectivity index (χ4v) is 5.75. The van der Waals surface area contributed by atoms with Gasteiger partial charge in [-0.1, -0.05) is 63.1 Å². The second-order valence-corrected chi connectivity index (χ2v) is 12.8. The van der Waals surface area contributed by atoms with E-state index in [0.29, 0.717) is 16.2 Å². The number of allylic oxidation sites excluding steroid dienone is 3. The van der Waals surface area contributed by atoms with Gasteiger partial charge in [0.2, 0.25) is 0 Å². The Morgan fingerprint density at radius 2 is 1.75 bits per heavy atom. The van der Waals surface area contributed by atoms with Gasteiger partial charge in [-0.25, -0.2) is 8.42 Å². The third kappa shape index (κ3) is 7.59. The molecule has 32 heavy (non-hydrogen) atoms. The van der Waals surface area contributed by atoms with Gasteiger partial charge in [-0.15, -0.1) is 0 Å². The maximum absolute atomic E-state index is 11.8. The minimum absolute atomic E-state index is 0.0879. The van der Waals surface area contributed by atoms with Crippen molar-refractivity contribution in [1.82, 2.24) is 0 Å². The first kappa shape index (κ1) is 26.9. The molecule has 3 nitrogen and oxygen atoms in total. The molecule has 0 aromatic heterocycles. The van der Waals surface area contributed by atoms with Gasteiger partial charge < -0.3 is 4.74 Å². The Bertz CT molecular complexity index is 876. The van der Waals surface area contributed by atoms with Gasteiger partial charge in [-0.2, -0.15) is 0 Å². The summed E-state index contributed by atoms with van der Waals surface area (Å²) >= 11 is 0. The number of benzene rings is 1. The Labute approximate surface area is 197 Å². The molecule has 1 heterocycles. The number of hydrogen-bond acceptors (Lipinski definition) is 3. The van der Waals surface area contributed by atoms with Crippen LogP contribution in [0.25, 0.3) is 0 Å². The van der Waals surface area contributed by atoms with Crippen LogP contribution in [0.3, 0.4) is 0 Å². The highest BCUT2D eigenvalue weighted by Gasteiger charge is 2.32. The summed E-state index contributed by atoms with van der Waals surface area (Å²) in [5.74, 6) is 0.308. The van der Waals surface area contributed by atoms with Crippen molar-refractivity contribution in [3.05, 3.63) is 53.6 Å². The van der Waals surface area contributed by atoms with E-state index in [2.05, 4.69) is 47.3 Å². The topological polar surface area (TPSA) is 43.4 Å². The Kier molecular flexibility index (Phi) is 9.36. The van der Waals surface area contributed by atoms with Gasteiger partial charge in [-0.3, -0.25) is 0 Å². The highest BCUT2D eigenvalue weighted by Crippen LogP contribution is 2.42. The molecule has 0 aliphatic carbocycles. The maximum Gasteiger partial charge on any atom is 0.175 e. The standard InChI is InChI=1S/C28H44O3S/c1-8-14-28(16-18-31-19-17-28)15-13-23(4)24(20-22(2)3)21-27(5,6)25-9-11-26(12-10-25)32(7,29)30/h9-12,20,24H,4,8,13-19,21H2,1-3,5-7H3. The quantitative estimate of drug-likeness (QED) is 0.326. The molecule has 1 fully saturated rings. The van der Waals surface area contributed by atoms with Gasteiger partial charge in [0, 0.05) is 19.5 Å². The third-order valence-corrected chi connectivity index (χ3v) is 8.29. The summed E-state index contributed by atoms with van der Waals surface area (Å²) in [7, 11) is -3.18. The first-order valence-corrected chi connectivity index (χ1v) is 14.0. The summed E-state index contributed by atoms with van der Waals surface area (Å²) < 4.78 is 29.3. The van der Waals surface area contributed by atoms with Crippen molar-refractivity contribution in [3.63, 3.8) is 0 Å². The van der Waals surface area contributed by atoms with Crippen molar-refractivity contribution in [2.45, 2.75) is 89.9 Å². The van der Waals surface area contributed by atoms with Crippen molar-refractivity contribution < 1.29 is 13.2 Å². The smallest absolute Gasteiger partial charge is 0.175 e. The molecule has 1 atom stereocenters. The van der Waals surface area contributed by atoms with Crippen molar-refractivity contribution >= 4 is 9.84 Å². The summed E-state index contributed by atoms with van der Waals surface area (Å²) in [4.78, 5) is 0.375. The maximum atomic E-state index is 11.8. The van der Waals surface area contributed by atoms with E-state index in [1.54, 1.807) is 12.1 Å². The van der Waals surface area contributed by atoms with E-state index in [4.69, 9.17) is 4.74 Å². The molecule has 0 saturated carbocycles. The highest BCUT2D eigenvalue weighted by molar-refractivity contribution is 7.90. The van der Waals surface area contributed by atoms with Crippen molar-refractivity contribution in [2.24, 2.45) is 11.3 Å². The van der Waals surface area contributed by atoms with Crippen LogP contribution >= 0.6 is 0 Å². The van der Waals surface area contributed by atoms with Crippen LogP contribution in [0.5, 0.6) is 0 Å². The number of rotatable bonds is 11. The summed E-state index contributed by atoms with van der Waals surface area (Å²) in [6.45, 7) is 17.4. The van der Waals surface area contributed by atoms with Gasteiger partial charge in [0.15, 0.2) is 9.84 Å². The van der Waals surface area contributed by atoms with Crippen LogP contribution in [0.4, 0.5) is 0 Å². The van der Waals surface area contributed by atoms with E-state index in [0.717, 1.165) is 31.6 Å². The second kappa shape index (κ2) is 11.2. The predicted octanol–water partition coefficient (Wildman–Crippen LogP) is 7.27. The lowest BCUT2D eigenvalue weighted by Gasteiger charge is -2.38. The lowest BCUT2D eigenvalue weighted by atomic mass is 9.70. The van der Waals surface area contributed by atoms with Crippen LogP contribution in [0.2, 0.25) is 0 Å². The summed E-state index contributed by atoms with van der Waals surface area (Å²) in [6, 6.07) is 7.40. The first-order valence-electron chi connectivity index (χ1n) is 12.1. The van der Waals surface area contributed by atoms with Crippen LogP contribution in [-0.4, -0.2) is 27.9 Å². The van der Waals surface area contributed by atoms with Crippen molar-refractivity contribution in [3.8, 4) is 0 Å². The van der Waals surface area contributed by atoms with Crippen LogP contribution in [0.15, 0.2) is 53.0 Å². The number of sulfone groups is 1. The first-order chi connectivity index (χ1) is 14.9. The fraction of sp³-hybridized carbons (Fsp3) is 0.643. The molecule has 0 N–H and O–H groups in total. The Balaban J connectivity index is 2.16. The van der Waals surface area contributed by atoms with Crippen molar-refractivity contribution in [2.75, 3.05) is 19.5 Å². The Morgan fingerprint density at radius 1 is 1.16 bits per heavy atom. The molecule has 1 aliphatic rings. The largest absolute Gasteiger partial charge is 0.381 e. The zero-order valence-corrected chi connectivity index (χ0v) is 22.0. The normalized spacial score (nSPS) is 17.6. The van der Waals surface area contributed by atoms with Crippen LogP contribution in [0.1, 0.15) is 85.1 Å². The molecule has 1 saturated heterocycles. The van der Waals surface area contributed by atoms with Gasteiger partial charge in [0.05, 0.1) is 4.90 Å². The summed E-state index contributed by atoms with van der Waals surface area (Å²) in [5, 5.41) is 0. The monoisotopic (exact) mass is 460 g/mol. The average molecular weight is 461 g/mol. The Hall–Kier alpha value is -1.39. The molecule has 1 aliphatic heterocycles. The minimum Gasteiger partial charge on any atom is -0.381 e. The zero-order chi connectivity index (χ0) is 24.0. The van der Waals surface area contributed by atoms with Crippen LogP contribution in [-0.2, 0) is 20.0 Å². The van der Waals surface area contributed by atoms with Gasteiger partial charge in [0.1, 0.15) is 0 Å². The lowest BCUT2D eigenvalue weighted by molar-refractivity contribution is 0.00511. The predicted molar refractivity (Wildman–Crippen MR) is 136 cm³/mol. The summed E-state index contributed by atoms with van der Waals surface area (Å²) in [6.07, 6.45) is 11.7. The number of ether oxygens (including phenoxy) is 1. The van der Waals surface area contributed by atoms with E-state index in [9.17, 15) is 8.42 Å². The second-order valence-electron chi connectivity index (χ2n) is 10.8. The van der Waals surface area contributed by atoms with E-state index >= 15 is 0 Å². The molecular formula is C28H44O3S. The number of hydrogen-bond donors (Lipinski definition) is 0. The fourth-order valence-electron chi connectivity index (χ4n) is 5.12. The van der Waals surface area contributed by atoms with E-state index < -0.39 is 9.84 Å². The van der Waals surface area contributed by atoms with Crippen LogP contribution in [0, 0.1) is 11.3 Å². The molecule has 4 heteroatoms. The zero-order valence-electron chi connectivity index (χ0n) is 21.2. The molecule has 0 bridgehead atoms. The molecule has 1 aromatic rings. The molecule has 0 spiro atoms. The molecule has 180 valence electrons. The molecule has 1 unspecified atom stereocenters. The molecule has 2 rings (SSSR count). The van der Waals surface area contributed by atoms with Gasteiger partial charge in [-0.05, 0) is 86.8 Å². The van der Waals surface area contributed by atoms with E-state index in [-0.39, 0.29) is 5.41 Å². The van der Waals surface area contributed by atoms with Crippen molar-refractivity contribution in [1.29, 1.82) is 0 Å². The van der Waals surface area contributed by atoms with E-state index in [1.165, 1.54) is 49.5 Å².